The van der Waals surface area contributed by atoms with Gasteiger partial charge in [-0.2, -0.15) is 13.2 Å². The molecule has 0 saturated carbocycles. The summed E-state index contributed by atoms with van der Waals surface area (Å²) in [6, 6.07) is 12.7. The highest BCUT2D eigenvalue weighted by Gasteiger charge is 2.31. The third-order valence-corrected chi connectivity index (χ3v) is 4.64. The van der Waals surface area contributed by atoms with Gasteiger partial charge in [0.2, 0.25) is 5.91 Å². The van der Waals surface area contributed by atoms with E-state index in [2.05, 4.69) is 0 Å². The second-order valence-electron chi connectivity index (χ2n) is 6.47. The molecular weight excluding hydrogens is 369 g/mol. The molecule has 1 heterocycles. The zero-order valence-corrected chi connectivity index (χ0v) is 15.4. The molecule has 1 aliphatic rings. The summed E-state index contributed by atoms with van der Waals surface area (Å²) in [5.74, 6) is 0.593. The summed E-state index contributed by atoms with van der Waals surface area (Å²) in [6.07, 6.45) is -1.13. The SMILES string of the molecule is COc1cccc(/C=C/C(=O)N2CCN(c3cccc(C(F)(F)F)c3)CC2)c1. The first-order valence-corrected chi connectivity index (χ1v) is 8.90. The molecule has 3 rings (SSSR count). The molecule has 4 nitrogen and oxygen atoms in total. The Balaban J connectivity index is 1.59. The Morgan fingerprint density at radius 1 is 1.04 bits per heavy atom. The van der Waals surface area contributed by atoms with Crippen molar-refractivity contribution >= 4 is 17.7 Å². The van der Waals surface area contributed by atoms with Crippen molar-refractivity contribution in [3.8, 4) is 5.75 Å². The number of piperazine rings is 1. The van der Waals surface area contributed by atoms with Crippen LogP contribution in [0.3, 0.4) is 0 Å². The summed E-state index contributed by atoms with van der Waals surface area (Å²) in [5, 5.41) is 0. The highest BCUT2D eigenvalue weighted by Crippen LogP contribution is 2.31. The van der Waals surface area contributed by atoms with Crippen LogP contribution >= 0.6 is 0 Å². The van der Waals surface area contributed by atoms with Crippen molar-refractivity contribution in [1.29, 1.82) is 0 Å². The van der Waals surface area contributed by atoms with Crippen LogP contribution in [0.1, 0.15) is 11.1 Å². The van der Waals surface area contributed by atoms with Gasteiger partial charge < -0.3 is 14.5 Å². The lowest BCUT2D eigenvalue weighted by Crippen LogP contribution is -2.48. The number of carbonyl (C=O) groups is 1. The van der Waals surface area contributed by atoms with Crippen LogP contribution in [-0.2, 0) is 11.0 Å². The summed E-state index contributed by atoms with van der Waals surface area (Å²) in [4.78, 5) is 16.0. The Bertz CT molecular complexity index is 857. The highest BCUT2D eigenvalue weighted by atomic mass is 19.4. The Morgan fingerprint density at radius 2 is 1.75 bits per heavy atom. The molecule has 1 amide bonds. The average molecular weight is 390 g/mol. The number of alkyl halides is 3. The van der Waals surface area contributed by atoms with Crippen LogP contribution in [-0.4, -0.2) is 44.1 Å². The highest BCUT2D eigenvalue weighted by molar-refractivity contribution is 5.92. The number of ether oxygens (including phenoxy) is 1. The van der Waals surface area contributed by atoms with E-state index < -0.39 is 11.7 Å². The summed E-state index contributed by atoms with van der Waals surface area (Å²) in [6.45, 7) is 1.88. The van der Waals surface area contributed by atoms with Crippen LogP contribution in [0.2, 0.25) is 0 Å². The molecule has 1 aliphatic heterocycles. The largest absolute Gasteiger partial charge is 0.497 e. The molecule has 0 N–H and O–H groups in total. The van der Waals surface area contributed by atoms with Crippen LogP contribution in [0.4, 0.5) is 18.9 Å². The molecule has 0 spiro atoms. The first-order chi connectivity index (χ1) is 13.4. The number of methoxy groups -OCH3 is 1. The van der Waals surface area contributed by atoms with Gasteiger partial charge in [0.25, 0.3) is 0 Å². The lowest BCUT2D eigenvalue weighted by atomic mass is 10.1. The topological polar surface area (TPSA) is 32.8 Å². The van der Waals surface area contributed by atoms with Crippen LogP contribution in [0.25, 0.3) is 6.08 Å². The van der Waals surface area contributed by atoms with Gasteiger partial charge in [-0.25, -0.2) is 0 Å². The van der Waals surface area contributed by atoms with Crippen LogP contribution in [0.15, 0.2) is 54.6 Å². The van der Waals surface area contributed by atoms with Gasteiger partial charge in [-0.3, -0.25) is 4.79 Å². The van der Waals surface area contributed by atoms with Gasteiger partial charge in [0.05, 0.1) is 12.7 Å². The van der Waals surface area contributed by atoms with E-state index >= 15 is 0 Å². The predicted octanol–water partition coefficient (Wildman–Crippen LogP) is 4.08. The van der Waals surface area contributed by atoms with Crippen molar-refractivity contribution in [2.24, 2.45) is 0 Å². The number of benzene rings is 2. The van der Waals surface area contributed by atoms with Gasteiger partial charge in [0.1, 0.15) is 5.75 Å². The van der Waals surface area contributed by atoms with Crippen LogP contribution < -0.4 is 9.64 Å². The van der Waals surface area contributed by atoms with Gasteiger partial charge in [-0.15, -0.1) is 0 Å². The van der Waals surface area contributed by atoms with E-state index in [4.69, 9.17) is 4.74 Å². The normalized spacial score (nSPS) is 15.1. The third-order valence-electron chi connectivity index (χ3n) is 4.64. The second kappa shape index (κ2) is 8.37. The van der Waals surface area contributed by atoms with E-state index in [-0.39, 0.29) is 5.91 Å². The van der Waals surface area contributed by atoms with E-state index in [0.29, 0.717) is 37.6 Å². The maximum absolute atomic E-state index is 12.9. The van der Waals surface area contributed by atoms with Crippen LogP contribution in [0.5, 0.6) is 5.75 Å². The molecule has 2 aromatic carbocycles. The number of anilines is 1. The quantitative estimate of drug-likeness (QED) is 0.738. The average Bonchev–Trinajstić information content (AvgIpc) is 2.72. The van der Waals surface area contributed by atoms with Gasteiger partial charge in [0.15, 0.2) is 0 Å². The minimum atomic E-state index is -4.36. The first-order valence-electron chi connectivity index (χ1n) is 8.90. The fourth-order valence-electron chi connectivity index (χ4n) is 3.08. The molecule has 0 bridgehead atoms. The second-order valence-corrected chi connectivity index (χ2v) is 6.47. The molecule has 0 atom stereocenters. The Labute approximate surface area is 161 Å². The maximum Gasteiger partial charge on any atom is 0.416 e. The Kier molecular flexibility index (Phi) is 5.92. The monoisotopic (exact) mass is 390 g/mol. The molecule has 1 saturated heterocycles. The van der Waals surface area contributed by atoms with E-state index in [0.717, 1.165) is 17.7 Å². The summed E-state index contributed by atoms with van der Waals surface area (Å²) >= 11 is 0. The van der Waals surface area contributed by atoms with Gasteiger partial charge >= 0.3 is 6.18 Å². The number of amides is 1. The molecule has 0 aromatic heterocycles. The van der Waals surface area contributed by atoms with Gasteiger partial charge in [-0.05, 0) is 42.0 Å². The standard InChI is InChI=1S/C21H21F3N2O2/c1-28-19-7-2-4-16(14-19)8-9-20(27)26-12-10-25(11-13-26)18-6-3-5-17(15-18)21(22,23)24/h2-9,14-15H,10-13H2,1H3/b9-8+. The van der Waals surface area contributed by atoms with E-state index in [1.807, 2.05) is 29.2 Å². The van der Waals surface area contributed by atoms with E-state index in [1.54, 1.807) is 24.2 Å². The number of hydrogen-bond acceptors (Lipinski definition) is 3. The number of nitrogens with zero attached hydrogens (tertiary/aromatic N) is 2. The van der Waals surface area contributed by atoms with Crippen molar-refractivity contribution < 1.29 is 22.7 Å². The van der Waals surface area contributed by atoms with E-state index in [9.17, 15) is 18.0 Å². The minimum Gasteiger partial charge on any atom is -0.497 e. The number of halogens is 3. The first kappa shape index (κ1) is 19.8. The maximum atomic E-state index is 12.9. The number of hydrogen-bond donors (Lipinski definition) is 0. The molecule has 1 fully saturated rings. The number of rotatable bonds is 4. The van der Waals surface area contributed by atoms with Crippen molar-refractivity contribution in [1.82, 2.24) is 4.90 Å². The number of carbonyl (C=O) groups excluding carboxylic acids is 1. The Morgan fingerprint density at radius 3 is 2.43 bits per heavy atom. The lowest BCUT2D eigenvalue weighted by molar-refractivity contribution is -0.137. The van der Waals surface area contributed by atoms with E-state index in [1.165, 1.54) is 12.1 Å². The van der Waals surface area contributed by atoms with Crippen molar-refractivity contribution in [3.05, 3.63) is 65.7 Å². The molecule has 0 radical (unpaired) electrons. The zero-order chi connectivity index (χ0) is 20.1. The third kappa shape index (κ3) is 4.85. The predicted molar refractivity (Wildman–Crippen MR) is 102 cm³/mol. The molecule has 148 valence electrons. The van der Waals surface area contributed by atoms with Crippen LogP contribution in [0, 0.1) is 0 Å². The van der Waals surface area contributed by atoms with Gasteiger partial charge in [0, 0.05) is 37.9 Å². The molecule has 7 heteroatoms. The summed E-state index contributed by atoms with van der Waals surface area (Å²) in [7, 11) is 1.58. The fourth-order valence-corrected chi connectivity index (χ4v) is 3.08. The zero-order valence-electron chi connectivity index (χ0n) is 15.4. The molecule has 2 aromatic rings. The molecular formula is C21H21F3N2O2. The fraction of sp³-hybridized carbons (Fsp3) is 0.286. The minimum absolute atomic E-state index is 0.119. The Hall–Kier alpha value is -2.96. The molecule has 0 unspecified atom stereocenters. The molecule has 28 heavy (non-hydrogen) atoms. The van der Waals surface area contributed by atoms with Crippen molar-refractivity contribution in [2.45, 2.75) is 6.18 Å². The summed E-state index contributed by atoms with van der Waals surface area (Å²) in [5.41, 5.74) is 0.717. The van der Waals surface area contributed by atoms with Crippen molar-refractivity contribution in [3.63, 3.8) is 0 Å². The summed E-state index contributed by atoms with van der Waals surface area (Å²) < 4.78 is 43.8. The lowest BCUT2D eigenvalue weighted by Gasteiger charge is -2.35. The van der Waals surface area contributed by atoms with Crippen molar-refractivity contribution in [2.75, 3.05) is 38.2 Å². The smallest absolute Gasteiger partial charge is 0.416 e. The molecule has 0 aliphatic carbocycles. The van der Waals surface area contributed by atoms with Gasteiger partial charge in [-0.1, -0.05) is 18.2 Å².